The van der Waals surface area contributed by atoms with Crippen molar-refractivity contribution in [2.24, 2.45) is 11.8 Å². The van der Waals surface area contributed by atoms with Gasteiger partial charge in [0.05, 0.1) is 51.0 Å². The van der Waals surface area contributed by atoms with E-state index in [1.165, 1.54) is 12.0 Å². The topological polar surface area (TPSA) is 103 Å². The predicted molar refractivity (Wildman–Crippen MR) is 105 cm³/mol. The Kier molecular flexibility index (Phi) is 5.15. The number of nitrogens with one attached hydrogen (secondary N) is 1. The Balaban J connectivity index is 1.54. The Hall–Kier alpha value is -3.07. The van der Waals surface area contributed by atoms with Gasteiger partial charge < -0.3 is 29.2 Å². The fraction of sp³-hybridized carbons (Fsp3) is 0.476. The summed E-state index contributed by atoms with van der Waals surface area (Å²) in [6.45, 7) is 2.01. The molecule has 9 heteroatoms. The molecule has 9 nitrogen and oxygen atoms in total. The quantitative estimate of drug-likeness (QED) is 0.522. The summed E-state index contributed by atoms with van der Waals surface area (Å²) in [5.41, 5.74) is -0.418. The molecule has 1 aromatic rings. The fourth-order valence-electron chi connectivity index (χ4n) is 4.49. The number of rotatable bonds is 7. The maximum atomic E-state index is 13.2. The van der Waals surface area contributed by atoms with Crippen LogP contribution in [0.1, 0.15) is 6.92 Å². The zero-order valence-corrected chi connectivity index (χ0v) is 17.0. The molecule has 3 aliphatic heterocycles. The number of esters is 1. The molecule has 2 fully saturated rings. The Labute approximate surface area is 173 Å². The number of benzene rings is 1. The lowest BCUT2D eigenvalue weighted by Gasteiger charge is -2.24. The average molecular weight is 416 g/mol. The van der Waals surface area contributed by atoms with Crippen molar-refractivity contribution in [3.8, 4) is 11.5 Å². The maximum Gasteiger partial charge on any atom is 0.325 e. The highest BCUT2D eigenvalue weighted by Gasteiger charge is 2.67. The van der Waals surface area contributed by atoms with Crippen molar-refractivity contribution >= 4 is 23.5 Å². The molecule has 4 atom stereocenters. The van der Waals surface area contributed by atoms with Gasteiger partial charge in [-0.25, -0.2) is 0 Å². The van der Waals surface area contributed by atoms with E-state index in [9.17, 15) is 14.4 Å². The fourth-order valence-corrected chi connectivity index (χ4v) is 4.49. The van der Waals surface area contributed by atoms with Gasteiger partial charge in [0, 0.05) is 6.07 Å². The van der Waals surface area contributed by atoms with Gasteiger partial charge in [-0.15, -0.1) is 0 Å². The van der Waals surface area contributed by atoms with Crippen molar-refractivity contribution in [3.05, 3.63) is 30.4 Å². The lowest BCUT2D eigenvalue weighted by atomic mass is 9.76. The van der Waals surface area contributed by atoms with Gasteiger partial charge in [0.25, 0.3) is 0 Å². The number of amides is 2. The largest absolute Gasteiger partial charge is 0.497 e. The highest BCUT2D eigenvalue weighted by molar-refractivity contribution is 6.00. The van der Waals surface area contributed by atoms with E-state index in [1.807, 2.05) is 12.2 Å². The summed E-state index contributed by atoms with van der Waals surface area (Å²) < 4.78 is 21.5. The van der Waals surface area contributed by atoms with E-state index >= 15 is 0 Å². The molecule has 1 aromatic carbocycles. The summed E-state index contributed by atoms with van der Waals surface area (Å²) in [7, 11) is 3.04. The second kappa shape index (κ2) is 7.64. The molecule has 4 rings (SSSR count). The van der Waals surface area contributed by atoms with Crippen LogP contribution in [0.5, 0.6) is 11.5 Å². The number of hydrogen-bond acceptors (Lipinski definition) is 7. The summed E-state index contributed by atoms with van der Waals surface area (Å²) in [5.74, 6) is -1.46. The molecule has 2 amide bonds. The Bertz CT molecular complexity index is 915. The van der Waals surface area contributed by atoms with Crippen molar-refractivity contribution in [1.82, 2.24) is 4.90 Å². The van der Waals surface area contributed by atoms with Gasteiger partial charge in [-0.3, -0.25) is 14.4 Å². The van der Waals surface area contributed by atoms with E-state index in [0.29, 0.717) is 17.2 Å². The normalized spacial score (nSPS) is 28.4. The summed E-state index contributed by atoms with van der Waals surface area (Å²) >= 11 is 0. The van der Waals surface area contributed by atoms with E-state index in [1.54, 1.807) is 32.2 Å². The first kappa shape index (κ1) is 20.2. The van der Waals surface area contributed by atoms with Gasteiger partial charge in [-0.1, -0.05) is 12.2 Å². The third-order valence-electron chi connectivity index (χ3n) is 5.77. The summed E-state index contributed by atoms with van der Waals surface area (Å²) in [4.78, 5) is 39.5. The lowest BCUT2D eigenvalue weighted by molar-refractivity contribution is -0.148. The SMILES string of the molecule is CCOC(=O)CN1CC23C=C[C@@H](O2)C(C(=O)Nc2ccc(OC)cc2OC)[C@@H]3C1=O. The van der Waals surface area contributed by atoms with Crippen molar-refractivity contribution in [2.45, 2.75) is 18.6 Å². The minimum atomic E-state index is -0.889. The highest BCUT2D eigenvalue weighted by atomic mass is 16.5. The van der Waals surface area contributed by atoms with Gasteiger partial charge >= 0.3 is 5.97 Å². The number of nitrogens with zero attached hydrogens (tertiary/aromatic N) is 1. The molecule has 30 heavy (non-hydrogen) atoms. The van der Waals surface area contributed by atoms with Crippen LogP contribution in [0.3, 0.4) is 0 Å². The van der Waals surface area contributed by atoms with E-state index in [2.05, 4.69) is 5.32 Å². The minimum Gasteiger partial charge on any atom is -0.497 e. The molecule has 2 unspecified atom stereocenters. The molecule has 1 spiro atoms. The van der Waals surface area contributed by atoms with Gasteiger partial charge in [0.1, 0.15) is 23.6 Å². The van der Waals surface area contributed by atoms with Crippen LogP contribution in [-0.4, -0.2) is 68.3 Å². The van der Waals surface area contributed by atoms with E-state index in [-0.39, 0.29) is 31.5 Å². The van der Waals surface area contributed by atoms with Crippen LogP contribution in [0, 0.1) is 11.8 Å². The van der Waals surface area contributed by atoms with Gasteiger partial charge in [0.2, 0.25) is 11.8 Å². The summed E-state index contributed by atoms with van der Waals surface area (Å²) in [6.07, 6.45) is 3.16. The van der Waals surface area contributed by atoms with Crippen LogP contribution in [0.25, 0.3) is 0 Å². The van der Waals surface area contributed by atoms with Crippen LogP contribution in [0.15, 0.2) is 30.4 Å². The van der Waals surface area contributed by atoms with Crippen molar-refractivity contribution in [1.29, 1.82) is 0 Å². The van der Waals surface area contributed by atoms with Gasteiger partial charge in [0.15, 0.2) is 0 Å². The zero-order valence-electron chi connectivity index (χ0n) is 17.0. The van der Waals surface area contributed by atoms with Crippen LogP contribution < -0.4 is 14.8 Å². The average Bonchev–Trinajstić information content (AvgIpc) is 3.36. The smallest absolute Gasteiger partial charge is 0.325 e. The molecular weight excluding hydrogens is 392 g/mol. The van der Waals surface area contributed by atoms with Crippen LogP contribution in [0.2, 0.25) is 0 Å². The number of anilines is 1. The second-order valence-electron chi connectivity index (χ2n) is 7.45. The third kappa shape index (κ3) is 3.19. The standard InChI is InChI=1S/C21H24N2O7/c1-4-29-16(24)10-23-11-21-8-7-14(30-21)17(18(21)20(23)26)19(25)22-13-6-5-12(27-2)9-15(13)28-3/h5-9,14,17-18H,4,10-11H2,1-3H3,(H,22,25)/t14-,17?,18-,21?/m1/s1. The molecule has 2 saturated heterocycles. The van der Waals surface area contributed by atoms with E-state index in [4.69, 9.17) is 18.9 Å². The molecule has 3 aliphatic rings. The summed E-state index contributed by atoms with van der Waals surface area (Å²) in [6, 6.07) is 5.05. The number of hydrogen-bond donors (Lipinski definition) is 1. The van der Waals surface area contributed by atoms with Crippen LogP contribution in [-0.2, 0) is 23.9 Å². The molecule has 160 valence electrons. The van der Waals surface area contributed by atoms with Crippen LogP contribution in [0.4, 0.5) is 5.69 Å². The van der Waals surface area contributed by atoms with Crippen molar-refractivity contribution < 1.29 is 33.3 Å². The van der Waals surface area contributed by atoms with Gasteiger partial charge in [-0.2, -0.15) is 0 Å². The number of fused-ring (bicyclic) bond motifs is 1. The first-order valence-corrected chi connectivity index (χ1v) is 9.77. The Morgan fingerprint density at radius 3 is 2.80 bits per heavy atom. The van der Waals surface area contributed by atoms with E-state index < -0.39 is 29.5 Å². The molecule has 2 bridgehead atoms. The third-order valence-corrected chi connectivity index (χ3v) is 5.77. The summed E-state index contributed by atoms with van der Waals surface area (Å²) in [5, 5.41) is 2.85. The number of carbonyl (C=O) groups excluding carboxylic acids is 3. The molecule has 0 aliphatic carbocycles. The first-order chi connectivity index (χ1) is 14.4. The molecule has 0 radical (unpaired) electrons. The number of carbonyl (C=O) groups is 3. The van der Waals surface area contributed by atoms with Gasteiger partial charge in [-0.05, 0) is 19.1 Å². The molecular formula is C21H24N2O7. The monoisotopic (exact) mass is 416 g/mol. The zero-order chi connectivity index (χ0) is 21.5. The minimum absolute atomic E-state index is 0.159. The number of ether oxygens (including phenoxy) is 4. The Morgan fingerprint density at radius 2 is 2.10 bits per heavy atom. The lowest BCUT2D eigenvalue weighted by Crippen LogP contribution is -2.42. The highest BCUT2D eigenvalue weighted by Crippen LogP contribution is 2.52. The predicted octanol–water partition coefficient (Wildman–Crippen LogP) is 0.987. The van der Waals surface area contributed by atoms with Crippen molar-refractivity contribution in [3.63, 3.8) is 0 Å². The second-order valence-corrected chi connectivity index (χ2v) is 7.45. The number of likely N-dealkylation sites (tertiary alicyclic amines) is 1. The first-order valence-electron chi connectivity index (χ1n) is 9.77. The maximum absolute atomic E-state index is 13.2. The molecule has 3 heterocycles. The molecule has 0 saturated carbocycles. The van der Waals surface area contributed by atoms with Crippen molar-refractivity contribution in [2.75, 3.05) is 39.2 Å². The van der Waals surface area contributed by atoms with E-state index in [0.717, 1.165) is 0 Å². The Morgan fingerprint density at radius 1 is 1.30 bits per heavy atom. The molecule has 1 N–H and O–H groups in total. The van der Waals surface area contributed by atoms with Crippen LogP contribution >= 0.6 is 0 Å². The number of methoxy groups -OCH3 is 2. The molecule has 0 aromatic heterocycles.